The molecule has 0 saturated carbocycles. The number of likely N-dealkylation sites (N-methyl/N-ethyl adjacent to an activating group) is 1. The van der Waals surface area contributed by atoms with E-state index >= 15 is 0 Å². The maximum atomic E-state index is 12.9. The van der Waals surface area contributed by atoms with E-state index in [9.17, 15) is 4.57 Å². The van der Waals surface area contributed by atoms with Crippen LogP contribution in [0.25, 0.3) is 0 Å². The highest BCUT2D eigenvalue weighted by Gasteiger charge is 2.31. The molecule has 0 spiro atoms. The van der Waals surface area contributed by atoms with Crippen LogP contribution in [0.4, 0.5) is 0 Å². The molecule has 0 aromatic carbocycles. The normalized spacial score (nSPS) is 14.4. The average Bonchev–Trinajstić information content (AvgIpc) is 2.53. The van der Waals surface area contributed by atoms with Gasteiger partial charge in [0.05, 0.1) is 6.61 Å². The molecule has 5 nitrogen and oxygen atoms in total. The number of nitrogens with one attached hydrogen (secondary N) is 1. The van der Waals surface area contributed by atoms with Crippen LogP contribution in [0, 0.1) is 0 Å². The Morgan fingerprint density at radius 3 is 1.91 bits per heavy atom. The molecule has 0 aromatic rings. The molecule has 0 heterocycles. The molecule has 1 atom stereocenters. The van der Waals surface area contributed by atoms with E-state index in [0.717, 1.165) is 25.9 Å². The first-order valence-electron chi connectivity index (χ1n) is 8.84. The van der Waals surface area contributed by atoms with E-state index in [1.54, 1.807) is 0 Å². The van der Waals surface area contributed by atoms with Gasteiger partial charge in [-0.25, -0.2) is 9.24 Å². The zero-order valence-corrected chi connectivity index (χ0v) is 16.0. The third kappa shape index (κ3) is 9.96. The molecular weight excluding hydrogens is 299 g/mol. The summed E-state index contributed by atoms with van der Waals surface area (Å²) in [6, 6.07) is 0. The lowest BCUT2D eigenvalue weighted by Crippen LogP contribution is -2.26. The molecule has 0 bridgehead atoms. The molecule has 0 radical (unpaired) electrons. The van der Waals surface area contributed by atoms with E-state index in [4.69, 9.17) is 9.05 Å². The Kier molecular flexibility index (Phi) is 14.7. The Labute approximate surface area is 137 Å². The van der Waals surface area contributed by atoms with Gasteiger partial charge >= 0.3 is 7.75 Å². The van der Waals surface area contributed by atoms with Crippen molar-refractivity contribution in [1.82, 2.24) is 9.99 Å². The second kappa shape index (κ2) is 14.6. The number of rotatable bonds is 16. The molecule has 1 unspecified atom stereocenters. The Balaban J connectivity index is 4.49. The van der Waals surface area contributed by atoms with Gasteiger partial charge in [0.15, 0.2) is 0 Å². The van der Waals surface area contributed by atoms with E-state index in [2.05, 4.69) is 19.2 Å². The molecule has 1 N–H and O–H groups in total. The largest absolute Gasteiger partial charge is 0.407 e. The number of hydrogen-bond acceptors (Lipinski definition) is 4. The first-order chi connectivity index (χ1) is 10.6. The monoisotopic (exact) mass is 336 g/mol. The molecular formula is C16H37N2O3P. The third-order valence-electron chi connectivity index (χ3n) is 3.72. The summed E-state index contributed by atoms with van der Waals surface area (Å²) < 4.78 is 25.8. The predicted molar refractivity (Wildman–Crippen MR) is 94.4 cm³/mol. The summed E-state index contributed by atoms with van der Waals surface area (Å²) in [4.78, 5) is 0. The summed E-state index contributed by atoms with van der Waals surface area (Å²) in [6.07, 6.45) is 9.29. The van der Waals surface area contributed by atoms with E-state index in [1.165, 1.54) is 45.6 Å². The van der Waals surface area contributed by atoms with Crippen molar-refractivity contribution >= 4 is 7.75 Å². The van der Waals surface area contributed by atoms with Crippen molar-refractivity contribution in [2.45, 2.75) is 65.2 Å². The summed E-state index contributed by atoms with van der Waals surface area (Å²) in [7, 11) is 0.203. The lowest BCUT2D eigenvalue weighted by atomic mass is 10.2. The van der Waals surface area contributed by atoms with Crippen LogP contribution in [0.15, 0.2) is 0 Å². The van der Waals surface area contributed by atoms with Crippen LogP contribution in [-0.2, 0) is 13.6 Å². The predicted octanol–water partition coefficient (Wildman–Crippen LogP) is 4.44. The molecule has 0 aliphatic carbocycles. The highest BCUT2D eigenvalue weighted by atomic mass is 31.2. The maximum absolute atomic E-state index is 12.9. The molecule has 0 amide bonds. The lowest BCUT2D eigenvalue weighted by Gasteiger charge is -2.29. The third-order valence-corrected chi connectivity index (χ3v) is 5.79. The molecule has 0 rings (SSSR count). The van der Waals surface area contributed by atoms with Gasteiger partial charge in [-0.1, -0.05) is 52.4 Å². The van der Waals surface area contributed by atoms with E-state index < -0.39 is 7.75 Å². The molecule has 22 heavy (non-hydrogen) atoms. The summed E-state index contributed by atoms with van der Waals surface area (Å²) in [6.45, 7) is 7.05. The van der Waals surface area contributed by atoms with Gasteiger partial charge in [0.25, 0.3) is 0 Å². The Hall–Kier alpha value is 0.0700. The lowest BCUT2D eigenvalue weighted by molar-refractivity contribution is 0.177. The van der Waals surface area contributed by atoms with Gasteiger partial charge in [-0.2, -0.15) is 0 Å². The van der Waals surface area contributed by atoms with Crippen molar-refractivity contribution in [3.63, 3.8) is 0 Å². The van der Waals surface area contributed by atoms with Gasteiger partial charge in [-0.3, -0.25) is 9.05 Å². The van der Waals surface area contributed by atoms with Crippen LogP contribution >= 0.6 is 7.75 Å². The summed E-state index contributed by atoms with van der Waals surface area (Å²) >= 11 is 0. The molecule has 134 valence electrons. The first kappa shape index (κ1) is 22.1. The zero-order valence-electron chi connectivity index (χ0n) is 15.1. The van der Waals surface area contributed by atoms with Crippen molar-refractivity contribution in [3.05, 3.63) is 0 Å². The van der Waals surface area contributed by atoms with Gasteiger partial charge in [0.1, 0.15) is 0 Å². The van der Waals surface area contributed by atoms with E-state index in [1.807, 2.05) is 11.7 Å². The standard InChI is InChI=1S/C16H37N2O3P/c1-5-7-9-11-14-18(15-12-10-8-6-2)22(19,20-4)21-16-13-17-3/h17H,5-16H2,1-4H3. The number of unbranched alkanes of at least 4 members (excludes halogenated alkanes) is 6. The van der Waals surface area contributed by atoms with Gasteiger partial charge in [-0.05, 0) is 19.9 Å². The van der Waals surface area contributed by atoms with Crippen LogP contribution in [0.3, 0.4) is 0 Å². The Morgan fingerprint density at radius 2 is 1.50 bits per heavy atom. The number of hydrogen-bond donors (Lipinski definition) is 1. The van der Waals surface area contributed by atoms with Gasteiger partial charge in [0, 0.05) is 26.7 Å². The van der Waals surface area contributed by atoms with Crippen molar-refractivity contribution in [2.75, 3.05) is 40.4 Å². The molecule has 6 heteroatoms. The fourth-order valence-corrected chi connectivity index (χ4v) is 3.91. The van der Waals surface area contributed by atoms with Crippen LogP contribution in [-0.4, -0.2) is 45.1 Å². The van der Waals surface area contributed by atoms with Crippen LogP contribution < -0.4 is 5.32 Å². The summed E-state index contributed by atoms with van der Waals surface area (Å²) in [5, 5.41) is 3.00. The van der Waals surface area contributed by atoms with Gasteiger partial charge in [-0.15, -0.1) is 0 Å². The van der Waals surface area contributed by atoms with Crippen LogP contribution in [0.5, 0.6) is 0 Å². The highest BCUT2D eigenvalue weighted by Crippen LogP contribution is 2.51. The smallest absolute Gasteiger partial charge is 0.317 e. The molecule has 0 saturated heterocycles. The maximum Gasteiger partial charge on any atom is 0.407 e. The molecule has 0 aliphatic rings. The molecule has 0 aliphatic heterocycles. The fourth-order valence-electron chi connectivity index (χ4n) is 2.31. The zero-order chi connectivity index (χ0) is 16.7. The quantitative estimate of drug-likeness (QED) is 0.333. The SMILES string of the molecule is CCCCCCN(CCCCCC)P(=O)(OC)OCCNC. The minimum absolute atomic E-state index is 0.405. The first-order valence-corrected chi connectivity index (χ1v) is 10.3. The van der Waals surface area contributed by atoms with Crippen molar-refractivity contribution in [1.29, 1.82) is 0 Å². The second-order valence-electron chi connectivity index (χ2n) is 5.66. The van der Waals surface area contributed by atoms with Crippen molar-refractivity contribution < 1.29 is 13.6 Å². The summed E-state index contributed by atoms with van der Waals surface area (Å²) in [5.41, 5.74) is 0. The van der Waals surface area contributed by atoms with E-state index in [0.29, 0.717) is 13.2 Å². The Morgan fingerprint density at radius 1 is 0.955 bits per heavy atom. The highest BCUT2D eigenvalue weighted by molar-refractivity contribution is 7.51. The van der Waals surface area contributed by atoms with Crippen LogP contribution in [0.2, 0.25) is 0 Å². The fraction of sp³-hybridized carbons (Fsp3) is 1.00. The summed E-state index contributed by atoms with van der Waals surface area (Å²) in [5.74, 6) is 0. The number of nitrogens with zero attached hydrogens (tertiary/aromatic N) is 1. The molecule has 0 aromatic heterocycles. The van der Waals surface area contributed by atoms with Gasteiger partial charge in [0.2, 0.25) is 0 Å². The topological polar surface area (TPSA) is 50.8 Å². The Bertz CT molecular complexity index is 279. The minimum Gasteiger partial charge on any atom is -0.317 e. The molecule has 0 fully saturated rings. The van der Waals surface area contributed by atoms with E-state index in [-0.39, 0.29) is 0 Å². The van der Waals surface area contributed by atoms with Crippen molar-refractivity contribution in [3.8, 4) is 0 Å². The van der Waals surface area contributed by atoms with Crippen LogP contribution in [0.1, 0.15) is 65.2 Å². The minimum atomic E-state index is -3.14. The second-order valence-corrected chi connectivity index (χ2v) is 7.79. The van der Waals surface area contributed by atoms with Gasteiger partial charge < -0.3 is 5.32 Å². The van der Waals surface area contributed by atoms with Crippen molar-refractivity contribution in [2.24, 2.45) is 0 Å². The average molecular weight is 336 g/mol.